The van der Waals surface area contributed by atoms with Crippen molar-refractivity contribution in [1.82, 2.24) is 24.1 Å². The van der Waals surface area contributed by atoms with Gasteiger partial charge in [0.15, 0.2) is 0 Å². The van der Waals surface area contributed by atoms with Gasteiger partial charge in [-0.25, -0.2) is 9.97 Å². The van der Waals surface area contributed by atoms with E-state index in [4.69, 9.17) is 4.74 Å². The van der Waals surface area contributed by atoms with Crippen LogP contribution in [0.2, 0.25) is 0 Å². The van der Waals surface area contributed by atoms with Crippen molar-refractivity contribution in [2.24, 2.45) is 0 Å². The Morgan fingerprint density at radius 3 is 3.21 bits per heavy atom. The minimum Gasteiger partial charge on any atom is -0.373 e. The van der Waals surface area contributed by atoms with Crippen LogP contribution in [0.1, 0.15) is 12.7 Å². The van der Waals surface area contributed by atoms with Crippen molar-refractivity contribution in [3.05, 3.63) is 18.5 Å². The molecule has 7 nitrogen and oxygen atoms in total. The average Bonchev–Trinajstić information content (AvgIpc) is 3.09. The summed E-state index contributed by atoms with van der Waals surface area (Å²) in [7, 11) is 0. The van der Waals surface area contributed by atoms with E-state index >= 15 is 0 Å². The first-order valence-corrected chi connectivity index (χ1v) is 7.14. The zero-order valence-electron chi connectivity index (χ0n) is 10.8. The summed E-state index contributed by atoms with van der Waals surface area (Å²) in [4.78, 5) is 10.7. The number of anilines is 1. The molecule has 0 bridgehead atoms. The molecule has 0 spiro atoms. The Morgan fingerprint density at radius 1 is 1.53 bits per heavy atom. The Labute approximate surface area is 115 Å². The third-order valence-corrected chi connectivity index (χ3v) is 3.85. The molecule has 0 radical (unpaired) electrons. The summed E-state index contributed by atoms with van der Waals surface area (Å²) in [6, 6.07) is 0. The fourth-order valence-electron chi connectivity index (χ4n) is 2.06. The van der Waals surface area contributed by atoms with Crippen molar-refractivity contribution in [3.8, 4) is 0 Å². The number of aromatic nitrogens is 5. The van der Waals surface area contributed by atoms with Crippen molar-refractivity contribution in [3.63, 3.8) is 0 Å². The van der Waals surface area contributed by atoms with Crippen LogP contribution in [0, 0.1) is 0 Å². The molecule has 8 heteroatoms. The van der Waals surface area contributed by atoms with Crippen LogP contribution in [-0.2, 0) is 17.7 Å². The SMILES string of the molecule is CCc1nsc(N2CCOC(Cn3cncn3)C2)n1. The van der Waals surface area contributed by atoms with Gasteiger partial charge in [0.05, 0.1) is 19.3 Å². The summed E-state index contributed by atoms with van der Waals surface area (Å²) >= 11 is 1.47. The number of nitrogens with zero attached hydrogens (tertiary/aromatic N) is 6. The minimum atomic E-state index is 0.115. The van der Waals surface area contributed by atoms with E-state index in [0.29, 0.717) is 6.61 Å². The van der Waals surface area contributed by atoms with E-state index < -0.39 is 0 Å². The zero-order chi connectivity index (χ0) is 13.1. The molecule has 2 aromatic rings. The second-order valence-electron chi connectivity index (χ2n) is 4.40. The number of morpholine rings is 1. The van der Waals surface area contributed by atoms with Gasteiger partial charge in [0.1, 0.15) is 18.5 Å². The van der Waals surface area contributed by atoms with E-state index in [-0.39, 0.29) is 6.10 Å². The maximum absolute atomic E-state index is 5.76. The Hall–Kier alpha value is -1.54. The lowest BCUT2D eigenvalue weighted by atomic mass is 10.3. The number of hydrogen-bond acceptors (Lipinski definition) is 7. The van der Waals surface area contributed by atoms with Crippen LogP contribution in [0.3, 0.4) is 0 Å². The molecular weight excluding hydrogens is 264 g/mol. The Bertz CT molecular complexity index is 513. The molecule has 19 heavy (non-hydrogen) atoms. The fraction of sp³-hybridized carbons (Fsp3) is 0.636. The molecule has 3 heterocycles. The van der Waals surface area contributed by atoms with Crippen LogP contribution in [0.4, 0.5) is 5.13 Å². The van der Waals surface area contributed by atoms with Gasteiger partial charge in [0.25, 0.3) is 0 Å². The topological polar surface area (TPSA) is 69.0 Å². The Kier molecular flexibility index (Phi) is 3.69. The number of ether oxygens (including phenoxy) is 1. The van der Waals surface area contributed by atoms with Crippen LogP contribution in [0.25, 0.3) is 0 Å². The Balaban J connectivity index is 1.64. The Morgan fingerprint density at radius 2 is 2.47 bits per heavy atom. The van der Waals surface area contributed by atoms with E-state index in [0.717, 1.165) is 37.0 Å². The highest BCUT2D eigenvalue weighted by Gasteiger charge is 2.23. The third-order valence-electron chi connectivity index (χ3n) is 3.04. The molecule has 0 aromatic carbocycles. The molecule has 2 aromatic heterocycles. The van der Waals surface area contributed by atoms with Gasteiger partial charge in [-0.15, -0.1) is 0 Å². The summed E-state index contributed by atoms with van der Waals surface area (Å²) in [6.07, 6.45) is 4.24. The fourth-order valence-corrected chi connectivity index (χ4v) is 2.84. The third kappa shape index (κ3) is 2.90. The smallest absolute Gasteiger partial charge is 0.205 e. The average molecular weight is 280 g/mol. The molecule has 0 amide bonds. The van der Waals surface area contributed by atoms with Crippen molar-refractivity contribution >= 4 is 16.7 Å². The van der Waals surface area contributed by atoms with E-state index in [1.165, 1.54) is 11.5 Å². The number of hydrogen-bond donors (Lipinski definition) is 0. The van der Waals surface area contributed by atoms with Gasteiger partial charge in [0, 0.05) is 31.0 Å². The predicted molar refractivity (Wildman–Crippen MR) is 71.3 cm³/mol. The highest BCUT2D eigenvalue weighted by molar-refractivity contribution is 7.09. The lowest BCUT2D eigenvalue weighted by Crippen LogP contribution is -2.44. The molecule has 1 atom stereocenters. The van der Waals surface area contributed by atoms with Gasteiger partial charge in [0.2, 0.25) is 5.13 Å². The van der Waals surface area contributed by atoms with Crippen molar-refractivity contribution in [1.29, 1.82) is 0 Å². The molecule has 102 valence electrons. The maximum atomic E-state index is 5.76. The maximum Gasteiger partial charge on any atom is 0.205 e. The highest BCUT2D eigenvalue weighted by atomic mass is 32.1. The van der Waals surface area contributed by atoms with Gasteiger partial charge in [-0.3, -0.25) is 4.68 Å². The molecule has 3 rings (SSSR count). The van der Waals surface area contributed by atoms with Crippen molar-refractivity contribution in [2.45, 2.75) is 26.0 Å². The number of rotatable bonds is 4. The van der Waals surface area contributed by atoms with Gasteiger partial charge in [-0.1, -0.05) is 6.92 Å². The van der Waals surface area contributed by atoms with E-state index in [1.54, 1.807) is 17.3 Å². The molecular formula is C11H16N6OS. The molecule has 0 aliphatic carbocycles. The lowest BCUT2D eigenvalue weighted by molar-refractivity contribution is 0.0273. The first-order valence-electron chi connectivity index (χ1n) is 6.36. The summed E-state index contributed by atoms with van der Waals surface area (Å²) in [5.41, 5.74) is 0. The van der Waals surface area contributed by atoms with Gasteiger partial charge < -0.3 is 9.64 Å². The van der Waals surface area contributed by atoms with Crippen LogP contribution in [0.5, 0.6) is 0 Å². The van der Waals surface area contributed by atoms with Gasteiger partial charge >= 0.3 is 0 Å². The second kappa shape index (κ2) is 5.62. The van der Waals surface area contributed by atoms with Crippen LogP contribution < -0.4 is 4.90 Å². The molecule has 1 fully saturated rings. The normalized spacial score (nSPS) is 19.8. The van der Waals surface area contributed by atoms with Crippen molar-refractivity contribution in [2.75, 3.05) is 24.6 Å². The van der Waals surface area contributed by atoms with Crippen LogP contribution in [0.15, 0.2) is 12.7 Å². The summed E-state index contributed by atoms with van der Waals surface area (Å²) < 4.78 is 11.9. The van der Waals surface area contributed by atoms with E-state index in [2.05, 4.69) is 31.3 Å². The molecule has 0 N–H and O–H groups in total. The predicted octanol–water partition coefficient (Wildman–Crippen LogP) is 0.597. The van der Waals surface area contributed by atoms with E-state index in [9.17, 15) is 0 Å². The zero-order valence-corrected chi connectivity index (χ0v) is 11.6. The van der Waals surface area contributed by atoms with Gasteiger partial charge in [-0.2, -0.15) is 9.47 Å². The largest absolute Gasteiger partial charge is 0.373 e. The van der Waals surface area contributed by atoms with Crippen LogP contribution >= 0.6 is 11.5 Å². The monoisotopic (exact) mass is 280 g/mol. The lowest BCUT2D eigenvalue weighted by Gasteiger charge is -2.32. The second-order valence-corrected chi connectivity index (χ2v) is 5.13. The van der Waals surface area contributed by atoms with Gasteiger partial charge in [-0.05, 0) is 0 Å². The molecule has 1 saturated heterocycles. The van der Waals surface area contributed by atoms with E-state index in [1.807, 2.05) is 0 Å². The standard InChI is InChI=1S/C11H16N6OS/c1-2-10-14-11(19-15-10)16-3-4-18-9(5-16)6-17-8-12-7-13-17/h7-9H,2-6H2,1H3. The molecule has 1 aliphatic rings. The van der Waals surface area contributed by atoms with Crippen molar-refractivity contribution < 1.29 is 4.74 Å². The first-order chi connectivity index (χ1) is 9.35. The first kappa shape index (κ1) is 12.5. The number of aryl methyl sites for hydroxylation is 1. The summed E-state index contributed by atoms with van der Waals surface area (Å²) in [5.74, 6) is 0.916. The molecule has 0 saturated carbocycles. The summed E-state index contributed by atoms with van der Waals surface area (Å²) in [6.45, 7) is 5.18. The molecule has 1 aliphatic heterocycles. The summed E-state index contributed by atoms with van der Waals surface area (Å²) in [5, 5.41) is 5.10. The van der Waals surface area contributed by atoms with Crippen LogP contribution in [-0.4, -0.2) is 49.9 Å². The quantitative estimate of drug-likeness (QED) is 0.817. The minimum absolute atomic E-state index is 0.115. The highest BCUT2D eigenvalue weighted by Crippen LogP contribution is 2.20. The molecule has 1 unspecified atom stereocenters.